The first-order chi connectivity index (χ1) is 9.43. The number of aryl methyl sites for hydroxylation is 1. The average molecular weight is 282 g/mol. The number of nitrogens with zero attached hydrogens (tertiary/aromatic N) is 2. The fourth-order valence-electron chi connectivity index (χ4n) is 2.10. The Morgan fingerprint density at radius 1 is 1.50 bits per heavy atom. The summed E-state index contributed by atoms with van der Waals surface area (Å²) in [5, 5.41) is 13.1. The number of hydrogen-bond acceptors (Lipinski definition) is 7. The number of aliphatic hydroxyl groups excluding tert-OH is 1. The van der Waals surface area contributed by atoms with E-state index in [9.17, 15) is 19.5 Å². The number of Topliss-reactive ketones (excluding diaryl/α,β-unsaturated/α-hetero) is 1. The largest absolute Gasteiger partial charge is 0.467 e. The Bertz CT molecular complexity index is 552. The van der Waals surface area contributed by atoms with Gasteiger partial charge < -0.3 is 19.3 Å². The van der Waals surface area contributed by atoms with Crippen LogP contribution in [0.25, 0.3) is 0 Å². The number of rotatable bonds is 3. The van der Waals surface area contributed by atoms with Gasteiger partial charge in [0.25, 0.3) is 11.7 Å². The van der Waals surface area contributed by atoms with E-state index in [1.54, 1.807) is 6.92 Å². The lowest BCUT2D eigenvalue weighted by atomic mass is 10.2. The first-order valence-electron chi connectivity index (χ1n) is 5.98. The van der Waals surface area contributed by atoms with E-state index in [2.05, 4.69) is 9.89 Å². The van der Waals surface area contributed by atoms with Gasteiger partial charge in [0, 0.05) is 19.0 Å². The van der Waals surface area contributed by atoms with E-state index in [0.717, 1.165) is 4.90 Å². The van der Waals surface area contributed by atoms with Crippen LogP contribution >= 0.6 is 0 Å². The van der Waals surface area contributed by atoms with Crippen LogP contribution in [-0.4, -0.2) is 58.6 Å². The van der Waals surface area contributed by atoms with E-state index in [1.807, 2.05) is 0 Å². The van der Waals surface area contributed by atoms with Crippen LogP contribution in [0, 0.1) is 6.92 Å². The first-order valence-corrected chi connectivity index (χ1v) is 5.98. The number of aliphatic hydroxyl groups is 1. The number of methoxy groups -OCH3 is 1. The molecule has 1 aromatic rings. The molecule has 0 radical (unpaired) electrons. The number of carbonyl (C=O) groups excluding carboxylic acids is 3. The van der Waals surface area contributed by atoms with Gasteiger partial charge >= 0.3 is 5.97 Å². The zero-order valence-corrected chi connectivity index (χ0v) is 11.0. The summed E-state index contributed by atoms with van der Waals surface area (Å²) in [7, 11) is 1.18. The molecule has 2 atom stereocenters. The molecule has 2 heterocycles. The number of amides is 1. The van der Waals surface area contributed by atoms with Crippen LogP contribution in [0.3, 0.4) is 0 Å². The SMILES string of the molecule is COC(=O)[C@@H]1C[C@@H](O)CN1C(=O)C(=O)c1cc(C)no1. The lowest BCUT2D eigenvalue weighted by Gasteiger charge is -2.20. The lowest BCUT2D eigenvalue weighted by molar-refractivity contribution is -0.149. The van der Waals surface area contributed by atoms with E-state index >= 15 is 0 Å². The molecule has 1 saturated heterocycles. The van der Waals surface area contributed by atoms with Crippen molar-refractivity contribution in [1.82, 2.24) is 10.1 Å². The third-order valence-corrected chi connectivity index (χ3v) is 3.06. The molecule has 0 bridgehead atoms. The second-order valence-corrected chi connectivity index (χ2v) is 4.55. The quantitative estimate of drug-likeness (QED) is 0.443. The molecule has 1 aromatic heterocycles. The van der Waals surface area contributed by atoms with Crippen molar-refractivity contribution in [3.8, 4) is 0 Å². The first kappa shape index (κ1) is 14.2. The van der Waals surface area contributed by atoms with Crippen molar-refractivity contribution in [3.63, 3.8) is 0 Å². The van der Waals surface area contributed by atoms with Crippen LogP contribution in [0.2, 0.25) is 0 Å². The van der Waals surface area contributed by atoms with Crippen LogP contribution in [0.5, 0.6) is 0 Å². The fraction of sp³-hybridized carbons (Fsp3) is 0.500. The fourth-order valence-corrected chi connectivity index (χ4v) is 2.10. The van der Waals surface area contributed by atoms with Crippen molar-refractivity contribution in [2.24, 2.45) is 0 Å². The maximum absolute atomic E-state index is 12.1. The van der Waals surface area contributed by atoms with Crippen molar-refractivity contribution in [2.45, 2.75) is 25.5 Å². The number of aromatic nitrogens is 1. The molecule has 108 valence electrons. The van der Waals surface area contributed by atoms with Crippen LogP contribution in [0.4, 0.5) is 0 Å². The van der Waals surface area contributed by atoms with Crippen molar-refractivity contribution in [2.75, 3.05) is 13.7 Å². The predicted octanol–water partition coefficient (Wildman–Crippen LogP) is -0.699. The van der Waals surface area contributed by atoms with Gasteiger partial charge in [0.05, 0.1) is 18.9 Å². The second kappa shape index (κ2) is 5.41. The maximum Gasteiger partial charge on any atom is 0.328 e. The Labute approximate surface area is 114 Å². The highest BCUT2D eigenvalue weighted by Gasteiger charge is 2.42. The normalized spacial score (nSPS) is 21.9. The Morgan fingerprint density at radius 2 is 2.20 bits per heavy atom. The third-order valence-electron chi connectivity index (χ3n) is 3.06. The summed E-state index contributed by atoms with van der Waals surface area (Å²) in [5.74, 6) is -2.70. The number of hydrogen-bond donors (Lipinski definition) is 1. The Balaban J connectivity index is 2.18. The average Bonchev–Trinajstić information content (AvgIpc) is 3.02. The molecule has 1 N–H and O–H groups in total. The number of ketones is 1. The minimum atomic E-state index is -0.963. The molecule has 0 saturated carbocycles. The van der Waals surface area contributed by atoms with Gasteiger partial charge in [-0.2, -0.15) is 0 Å². The van der Waals surface area contributed by atoms with Crippen molar-refractivity contribution in [3.05, 3.63) is 17.5 Å². The molecule has 1 fully saturated rings. The predicted molar refractivity (Wildman–Crippen MR) is 63.7 cm³/mol. The Morgan fingerprint density at radius 3 is 2.75 bits per heavy atom. The topological polar surface area (TPSA) is 110 Å². The summed E-state index contributed by atoms with van der Waals surface area (Å²) in [6.07, 6.45) is -0.825. The summed E-state index contributed by atoms with van der Waals surface area (Å²) in [6, 6.07) is 0.371. The zero-order chi connectivity index (χ0) is 14.9. The van der Waals surface area contributed by atoms with Crippen LogP contribution in [0.15, 0.2) is 10.6 Å². The number of β-amino-alcohol motifs (C(OH)–C–C–N with tert-alkyl or cyclic N) is 1. The second-order valence-electron chi connectivity index (χ2n) is 4.55. The Kier molecular flexibility index (Phi) is 3.84. The zero-order valence-electron chi connectivity index (χ0n) is 11.0. The van der Waals surface area contributed by atoms with E-state index in [4.69, 9.17) is 4.52 Å². The van der Waals surface area contributed by atoms with Gasteiger partial charge in [-0.3, -0.25) is 9.59 Å². The minimum Gasteiger partial charge on any atom is -0.467 e. The standard InChI is InChI=1S/C12H14N2O6/c1-6-3-9(20-13-6)10(16)11(17)14-5-7(15)4-8(14)12(18)19-2/h3,7-8,15H,4-5H2,1-2H3/t7-,8+/m1/s1. The molecule has 8 heteroatoms. The number of carbonyl (C=O) groups is 3. The molecular formula is C12H14N2O6. The van der Waals surface area contributed by atoms with Gasteiger partial charge in [-0.1, -0.05) is 5.16 Å². The molecule has 1 aliphatic rings. The van der Waals surface area contributed by atoms with Crippen LogP contribution < -0.4 is 0 Å². The van der Waals surface area contributed by atoms with E-state index in [-0.39, 0.29) is 18.7 Å². The minimum absolute atomic E-state index is 0.0428. The van der Waals surface area contributed by atoms with Gasteiger partial charge in [-0.05, 0) is 6.92 Å². The van der Waals surface area contributed by atoms with Gasteiger partial charge in [0.15, 0.2) is 0 Å². The molecule has 0 aromatic carbocycles. The molecule has 8 nitrogen and oxygen atoms in total. The summed E-state index contributed by atoms with van der Waals surface area (Å²) >= 11 is 0. The number of likely N-dealkylation sites (tertiary alicyclic amines) is 1. The van der Waals surface area contributed by atoms with Gasteiger partial charge in [0.1, 0.15) is 6.04 Å². The van der Waals surface area contributed by atoms with Crippen molar-refractivity contribution in [1.29, 1.82) is 0 Å². The molecule has 1 amide bonds. The Hall–Kier alpha value is -2.22. The molecule has 20 heavy (non-hydrogen) atoms. The number of esters is 1. The molecular weight excluding hydrogens is 268 g/mol. The summed E-state index contributed by atoms with van der Waals surface area (Å²) in [5.41, 5.74) is 0.465. The van der Waals surface area contributed by atoms with Gasteiger partial charge in [0.2, 0.25) is 5.76 Å². The molecule has 2 rings (SSSR count). The van der Waals surface area contributed by atoms with Gasteiger partial charge in [-0.25, -0.2) is 4.79 Å². The molecule has 0 unspecified atom stereocenters. The van der Waals surface area contributed by atoms with Gasteiger partial charge in [-0.15, -0.1) is 0 Å². The van der Waals surface area contributed by atoms with Crippen molar-refractivity contribution >= 4 is 17.7 Å². The van der Waals surface area contributed by atoms with Crippen LogP contribution in [0.1, 0.15) is 22.7 Å². The number of ether oxygens (including phenoxy) is 1. The van der Waals surface area contributed by atoms with E-state index in [1.165, 1.54) is 13.2 Å². The summed E-state index contributed by atoms with van der Waals surface area (Å²) in [4.78, 5) is 36.6. The lowest BCUT2D eigenvalue weighted by Crippen LogP contribution is -2.44. The highest BCUT2D eigenvalue weighted by atomic mass is 16.5. The molecule has 0 aliphatic carbocycles. The third kappa shape index (κ3) is 2.55. The smallest absolute Gasteiger partial charge is 0.328 e. The van der Waals surface area contributed by atoms with E-state index in [0.29, 0.717) is 5.69 Å². The highest BCUT2D eigenvalue weighted by molar-refractivity contribution is 6.42. The highest BCUT2D eigenvalue weighted by Crippen LogP contribution is 2.20. The molecule has 0 spiro atoms. The monoisotopic (exact) mass is 282 g/mol. The summed E-state index contributed by atoms with van der Waals surface area (Å²) < 4.78 is 9.29. The van der Waals surface area contributed by atoms with Crippen molar-refractivity contribution < 1.29 is 28.8 Å². The molecule has 1 aliphatic heterocycles. The summed E-state index contributed by atoms with van der Waals surface area (Å²) in [6.45, 7) is 1.51. The van der Waals surface area contributed by atoms with E-state index < -0.39 is 29.8 Å². The van der Waals surface area contributed by atoms with Crippen LogP contribution in [-0.2, 0) is 14.3 Å². The maximum atomic E-state index is 12.1.